The quantitative estimate of drug-likeness (QED) is 0.264. The molecule has 2 unspecified atom stereocenters. The third kappa shape index (κ3) is 5.56. The van der Waals surface area contributed by atoms with Crippen LogP contribution in [0.25, 0.3) is 11.0 Å². The molecule has 0 saturated carbocycles. The Bertz CT molecular complexity index is 1120. The van der Waals surface area contributed by atoms with Gasteiger partial charge in [0.25, 0.3) is 5.56 Å². The van der Waals surface area contributed by atoms with Gasteiger partial charge in [0, 0.05) is 17.4 Å². The van der Waals surface area contributed by atoms with E-state index in [2.05, 4.69) is 9.97 Å². The van der Waals surface area contributed by atoms with Crippen LogP contribution in [0.15, 0.2) is 17.1 Å². The second kappa shape index (κ2) is 10.5. The van der Waals surface area contributed by atoms with Crippen LogP contribution >= 0.6 is 20.0 Å². The number of aromatic amines is 1. The predicted molar refractivity (Wildman–Crippen MR) is 128 cm³/mol. The molecule has 2 aromatic rings. The maximum absolute atomic E-state index is 12.1. The van der Waals surface area contributed by atoms with Crippen LogP contribution in [0.1, 0.15) is 40.3 Å². The number of carbonyl (C=O) groups excluding carboxylic acids is 1. The second-order valence-corrected chi connectivity index (χ2v) is 11.0. The molecule has 12 nitrogen and oxygen atoms in total. The first-order valence-corrected chi connectivity index (χ1v) is 13.0. The fourth-order valence-corrected chi connectivity index (χ4v) is 5.11. The lowest BCUT2D eigenvalue weighted by Crippen LogP contribution is -2.44. The Morgan fingerprint density at radius 2 is 2.18 bits per heavy atom. The first-order valence-electron chi connectivity index (χ1n) is 10.8. The van der Waals surface area contributed by atoms with E-state index < -0.39 is 43.3 Å². The molecule has 3 heterocycles. The van der Waals surface area contributed by atoms with E-state index in [0.29, 0.717) is 12.2 Å². The lowest BCUT2D eigenvalue weighted by atomic mass is 9.92. The van der Waals surface area contributed by atoms with Crippen molar-refractivity contribution < 1.29 is 33.4 Å². The Kier molecular flexibility index (Phi) is 8.29. The average molecular weight is 519 g/mol. The molecule has 0 bridgehead atoms. The number of nitrogen functional groups attached to an aromatic ring is 1. The number of hydrogen-bond acceptors (Lipinski definition) is 11. The van der Waals surface area contributed by atoms with Gasteiger partial charge in [-0.2, -0.15) is 4.98 Å². The lowest BCUT2D eigenvalue weighted by Gasteiger charge is -2.27. The van der Waals surface area contributed by atoms with Crippen LogP contribution in [0.5, 0.6) is 0 Å². The number of nitrogens with zero attached hydrogens (tertiary/aromatic N) is 2. The number of ether oxygens (including phenoxy) is 1. The number of carbonyl (C=O) groups is 1. The number of aliphatic hydroxyl groups is 2. The van der Waals surface area contributed by atoms with E-state index >= 15 is 0 Å². The summed E-state index contributed by atoms with van der Waals surface area (Å²) < 4.78 is 29.7. The van der Waals surface area contributed by atoms with Crippen molar-refractivity contribution in [2.75, 3.05) is 24.7 Å². The highest BCUT2D eigenvalue weighted by molar-refractivity contribution is 8.13. The van der Waals surface area contributed by atoms with E-state index in [1.807, 2.05) is 20.8 Å². The molecule has 1 aliphatic rings. The molecule has 5 atom stereocenters. The summed E-state index contributed by atoms with van der Waals surface area (Å²) in [6.07, 6.45) is -1.34. The van der Waals surface area contributed by atoms with Gasteiger partial charge in [-0.05, 0) is 19.4 Å². The minimum absolute atomic E-state index is 0.0331. The van der Waals surface area contributed by atoms with Crippen molar-refractivity contribution in [1.82, 2.24) is 14.5 Å². The predicted octanol–water partition coefficient (Wildman–Crippen LogP) is 1.43. The van der Waals surface area contributed by atoms with Gasteiger partial charge in [0.15, 0.2) is 17.0 Å². The third-order valence-electron chi connectivity index (χ3n) is 5.95. The molecular formula is C20H31N4O8PS. The van der Waals surface area contributed by atoms with E-state index in [1.54, 1.807) is 0 Å². The standard InChI is InChI=1S/C20H31N4O8PS/c1-5-19(2,3)17(27)34-9-8-30-33(29)31-10-12-13(25)20(4,28)16(32-12)24-7-6-11-14(24)22-18(21)23-15(11)26/h6-7,12-13,16,25,28,33H,5,8-10H2,1-4H3,(H3,21,22,23,26)/t12-,13+,16-,20?/m1/s1. The first kappa shape index (κ1) is 26.9. The molecule has 34 heavy (non-hydrogen) atoms. The summed E-state index contributed by atoms with van der Waals surface area (Å²) in [6.45, 7) is 6.78. The summed E-state index contributed by atoms with van der Waals surface area (Å²) in [5.41, 5.74) is 3.14. The molecule has 5 N–H and O–H groups in total. The molecule has 1 saturated heterocycles. The molecular weight excluding hydrogens is 487 g/mol. The largest absolute Gasteiger partial charge is 0.387 e. The summed E-state index contributed by atoms with van der Waals surface area (Å²) >= 11 is 1.11. The zero-order chi connectivity index (χ0) is 25.3. The number of thioether (sulfide) groups is 1. The number of aromatic nitrogens is 3. The van der Waals surface area contributed by atoms with Gasteiger partial charge in [-0.15, -0.1) is 0 Å². The number of hydrogen-bond donors (Lipinski definition) is 4. The molecule has 190 valence electrons. The van der Waals surface area contributed by atoms with E-state index in [4.69, 9.17) is 19.5 Å². The van der Waals surface area contributed by atoms with Crippen LogP contribution in [0.4, 0.5) is 5.95 Å². The molecule has 14 heteroatoms. The Balaban J connectivity index is 1.57. The van der Waals surface area contributed by atoms with Crippen LogP contribution in [0.3, 0.4) is 0 Å². The number of nitrogens with one attached hydrogen (secondary N) is 1. The van der Waals surface area contributed by atoms with Crippen molar-refractivity contribution in [3.8, 4) is 0 Å². The van der Waals surface area contributed by atoms with Gasteiger partial charge in [0.2, 0.25) is 5.95 Å². The Hall–Kier alpha value is -1.73. The van der Waals surface area contributed by atoms with Crippen molar-refractivity contribution in [2.45, 2.75) is 58.2 Å². The van der Waals surface area contributed by atoms with Gasteiger partial charge in [-0.3, -0.25) is 19.1 Å². The molecule has 0 amide bonds. The van der Waals surface area contributed by atoms with Crippen molar-refractivity contribution >= 4 is 42.1 Å². The normalized spacial score (nSPS) is 26.2. The van der Waals surface area contributed by atoms with E-state index in [-0.39, 0.29) is 35.3 Å². The van der Waals surface area contributed by atoms with Crippen LogP contribution in [-0.2, 0) is 23.1 Å². The van der Waals surface area contributed by atoms with Gasteiger partial charge >= 0.3 is 8.25 Å². The molecule has 2 aromatic heterocycles. The Morgan fingerprint density at radius 3 is 2.85 bits per heavy atom. The van der Waals surface area contributed by atoms with Gasteiger partial charge in [0.05, 0.1) is 18.6 Å². The zero-order valence-electron chi connectivity index (χ0n) is 19.4. The molecule has 0 aliphatic carbocycles. The highest BCUT2D eigenvalue weighted by Crippen LogP contribution is 2.40. The zero-order valence-corrected chi connectivity index (χ0v) is 21.3. The van der Waals surface area contributed by atoms with Crippen LogP contribution in [0.2, 0.25) is 0 Å². The SMILES string of the molecule is CCC(C)(C)C(=O)SCCO[PH](=O)OC[C@H]1O[C@@H](n2ccc3c(=O)[nH]c(N)nc32)C(C)(O)[C@H]1O. The molecule has 1 aliphatic heterocycles. The minimum Gasteiger partial charge on any atom is -0.387 e. The van der Waals surface area contributed by atoms with E-state index in [9.17, 15) is 24.4 Å². The summed E-state index contributed by atoms with van der Waals surface area (Å²) in [4.78, 5) is 30.6. The van der Waals surface area contributed by atoms with Crippen LogP contribution in [-0.4, -0.2) is 66.6 Å². The smallest absolute Gasteiger partial charge is 0.319 e. The molecule has 1 fully saturated rings. The highest BCUT2D eigenvalue weighted by Gasteiger charge is 2.53. The molecule has 0 spiro atoms. The van der Waals surface area contributed by atoms with Crippen molar-refractivity contribution in [3.63, 3.8) is 0 Å². The Morgan fingerprint density at radius 1 is 1.47 bits per heavy atom. The fraction of sp³-hybridized carbons (Fsp3) is 0.650. The highest BCUT2D eigenvalue weighted by atomic mass is 32.2. The van der Waals surface area contributed by atoms with E-state index in [1.165, 1.54) is 23.8 Å². The third-order valence-corrected chi connectivity index (χ3v) is 7.97. The number of nitrogens with two attached hydrogens (primary N) is 1. The summed E-state index contributed by atoms with van der Waals surface area (Å²) in [5, 5.41) is 21.8. The van der Waals surface area contributed by atoms with Crippen LogP contribution in [0, 0.1) is 5.41 Å². The monoisotopic (exact) mass is 518 g/mol. The van der Waals surface area contributed by atoms with Gasteiger partial charge < -0.3 is 34.3 Å². The summed E-state index contributed by atoms with van der Waals surface area (Å²) in [6, 6.07) is 1.49. The number of anilines is 1. The second-order valence-electron chi connectivity index (χ2n) is 8.89. The first-order chi connectivity index (χ1) is 15.9. The van der Waals surface area contributed by atoms with Crippen molar-refractivity contribution in [2.24, 2.45) is 5.41 Å². The fourth-order valence-electron chi connectivity index (χ4n) is 3.42. The molecule has 0 radical (unpaired) electrons. The summed E-state index contributed by atoms with van der Waals surface area (Å²) in [5.74, 6) is 0.224. The maximum atomic E-state index is 12.1. The van der Waals surface area contributed by atoms with E-state index in [0.717, 1.165) is 11.8 Å². The van der Waals surface area contributed by atoms with Crippen molar-refractivity contribution in [1.29, 1.82) is 0 Å². The van der Waals surface area contributed by atoms with Gasteiger partial charge in [0.1, 0.15) is 17.8 Å². The number of aliphatic hydroxyl groups excluding tert-OH is 1. The van der Waals surface area contributed by atoms with Gasteiger partial charge in [-0.1, -0.05) is 32.5 Å². The number of rotatable bonds is 10. The topological polar surface area (TPSA) is 179 Å². The molecule has 0 aromatic carbocycles. The minimum atomic E-state index is -2.92. The average Bonchev–Trinajstić information content (AvgIpc) is 3.28. The molecule has 3 rings (SSSR count). The number of H-pyrrole nitrogens is 1. The number of fused-ring (bicyclic) bond motifs is 1. The van der Waals surface area contributed by atoms with Crippen LogP contribution < -0.4 is 11.3 Å². The van der Waals surface area contributed by atoms with Crippen molar-refractivity contribution in [3.05, 3.63) is 22.6 Å². The Labute approximate surface area is 201 Å². The maximum Gasteiger partial charge on any atom is 0.319 e. The lowest BCUT2D eigenvalue weighted by molar-refractivity contribution is -0.118. The van der Waals surface area contributed by atoms with Gasteiger partial charge in [-0.25, -0.2) is 0 Å². The summed E-state index contributed by atoms with van der Waals surface area (Å²) in [7, 11) is -2.92.